The number of halogens is 2. The molecule has 142 valence electrons. The number of carbonyl (C=O) groups is 2. The summed E-state index contributed by atoms with van der Waals surface area (Å²) in [5.41, 5.74) is -0.155. The zero-order chi connectivity index (χ0) is 18.7. The summed E-state index contributed by atoms with van der Waals surface area (Å²) in [6.45, 7) is 4.75. The molecule has 0 radical (unpaired) electrons. The molecular formula is C18H24F2N4O2. The quantitative estimate of drug-likeness (QED) is 0.794. The first kappa shape index (κ1) is 18.7. The summed E-state index contributed by atoms with van der Waals surface area (Å²) in [6, 6.07) is 2.85. The second-order valence-corrected chi connectivity index (χ2v) is 6.94. The zero-order valence-electron chi connectivity index (χ0n) is 14.8. The van der Waals surface area contributed by atoms with E-state index in [0.29, 0.717) is 38.8 Å². The Balaban J connectivity index is 1.46. The van der Waals surface area contributed by atoms with Gasteiger partial charge in [-0.3, -0.25) is 19.4 Å². The highest BCUT2D eigenvalue weighted by Crippen LogP contribution is 2.19. The van der Waals surface area contributed by atoms with E-state index in [9.17, 15) is 18.4 Å². The van der Waals surface area contributed by atoms with E-state index in [4.69, 9.17) is 0 Å². The molecule has 3 rings (SSSR count). The zero-order valence-corrected chi connectivity index (χ0v) is 14.8. The molecule has 1 heterocycles. The van der Waals surface area contributed by atoms with E-state index in [0.717, 1.165) is 31.0 Å². The summed E-state index contributed by atoms with van der Waals surface area (Å²) in [4.78, 5) is 28.2. The number of hydrogen-bond acceptors (Lipinski definition) is 4. The van der Waals surface area contributed by atoms with E-state index >= 15 is 0 Å². The lowest BCUT2D eigenvalue weighted by atomic mass is 10.2. The first-order chi connectivity index (χ1) is 12.4. The van der Waals surface area contributed by atoms with E-state index in [1.54, 1.807) is 6.92 Å². The second kappa shape index (κ2) is 8.09. The topological polar surface area (TPSA) is 64.7 Å². The number of hydrogen-bond donors (Lipinski definition) is 2. The number of amides is 2. The minimum Gasteiger partial charge on any atom is -0.352 e. The van der Waals surface area contributed by atoms with Gasteiger partial charge in [0.15, 0.2) is 0 Å². The molecule has 0 aromatic heterocycles. The van der Waals surface area contributed by atoms with Crippen molar-refractivity contribution in [3.8, 4) is 0 Å². The predicted molar refractivity (Wildman–Crippen MR) is 93.6 cm³/mol. The molecule has 2 aliphatic rings. The molecule has 2 amide bonds. The Morgan fingerprint density at radius 1 is 1.19 bits per heavy atom. The number of rotatable bonds is 6. The number of benzene rings is 1. The molecule has 0 bridgehead atoms. The summed E-state index contributed by atoms with van der Waals surface area (Å²) < 4.78 is 26.9. The molecular weight excluding hydrogens is 342 g/mol. The summed E-state index contributed by atoms with van der Waals surface area (Å²) in [7, 11) is 0. The Morgan fingerprint density at radius 2 is 1.88 bits per heavy atom. The average Bonchev–Trinajstić information content (AvgIpc) is 3.42. The third kappa shape index (κ3) is 4.98. The van der Waals surface area contributed by atoms with Crippen LogP contribution in [0.1, 0.15) is 19.8 Å². The van der Waals surface area contributed by atoms with E-state index in [2.05, 4.69) is 15.5 Å². The van der Waals surface area contributed by atoms with Crippen LogP contribution in [0.4, 0.5) is 14.5 Å². The maximum absolute atomic E-state index is 13.7. The third-order valence-corrected chi connectivity index (χ3v) is 4.83. The van der Waals surface area contributed by atoms with Crippen LogP contribution in [0.15, 0.2) is 18.2 Å². The lowest BCUT2D eigenvalue weighted by Gasteiger charge is -2.37. The van der Waals surface area contributed by atoms with Crippen molar-refractivity contribution in [2.45, 2.75) is 31.8 Å². The van der Waals surface area contributed by atoms with Gasteiger partial charge in [-0.05, 0) is 31.9 Å². The van der Waals surface area contributed by atoms with Crippen molar-refractivity contribution >= 4 is 17.5 Å². The van der Waals surface area contributed by atoms with Crippen molar-refractivity contribution < 1.29 is 18.4 Å². The first-order valence-corrected chi connectivity index (χ1v) is 8.94. The number of nitrogens with one attached hydrogen (secondary N) is 2. The van der Waals surface area contributed by atoms with Crippen LogP contribution in [0.25, 0.3) is 0 Å². The van der Waals surface area contributed by atoms with Crippen LogP contribution in [-0.2, 0) is 9.59 Å². The van der Waals surface area contributed by atoms with Crippen LogP contribution < -0.4 is 10.6 Å². The van der Waals surface area contributed by atoms with Gasteiger partial charge in [0, 0.05) is 38.3 Å². The molecule has 2 N–H and O–H groups in total. The highest BCUT2D eigenvalue weighted by atomic mass is 19.1. The van der Waals surface area contributed by atoms with Crippen molar-refractivity contribution in [1.82, 2.24) is 15.1 Å². The molecule has 6 nitrogen and oxygen atoms in total. The van der Waals surface area contributed by atoms with Crippen molar-refractivity contribution in [1.29, 1.82) is 0 Å². The number of anilines is 1. The highest BCUT2D eigenvalue weighted by molar-refractivity contribution is 5.94. The van der Waals surface area contributed by atoms with Gasteiger partial charge in [-0.15, -0.1) is 0 Å². The Morgan fingerprint density at radius 3 is 2.54 bits per heavy atom. The molecule has 2 fully saturated rings. The van der Waals surface area contributed by atoms with Crippen LogP contribution in [0.5, 0.6) is 0 Å². The number of carbonyl (C=O) groups excluding carboxylic acids is 2. The van der Waals surface area contributed by atoms with Crippen molar-refractivity contribution in [3.05, 3.63) is 29.8 Å². The van der Waals surface area contributed by atoms with Crippen LogP contribution in [-0.4, -0.2) is 66.4 Å². The SMILES string of the molecule is C[C@H](C(=O)Nc1cc(F)ccc1F)N1CCN(CC(=O)NC2CC2)CC1. The third-order valence-electron chi connectivity index (χ3n) is 4.83. The van der Waals surface area contributed by atoms with Crippen molar-refractivity contribution in [3.63, 3.8) is 0 Å². The van der Waals surface area contributed by atoms with Gasteiger partial charge in [0.2, 0.25) is 11.8 Å². The van der Waals surface area contributed by atoms with E-state index in [1.165, 1.54) is 0 Å². The molecule has 0 spiro atoms. The molecule has 0 unspecified atom stereocenters. The minimum atomic E-state index is -0.668. The van der Waals surface area contributed by atoms with Gasteiger partial charge in [-0.2, -0.15) is 0 Å². The molecule has 1 aliphatic heterocycles. The van der Waals surface area contributed by atoms with Gasteiger partial charge in [0.05, 0.1) is 18.3 Å². The van der Waals surface area contributed by atoms with Crippen molar-refractivity contribution in [2.24, 2.45) is 0 Å². The smallest absolute Gasteiger partial charge is 0.241 e. The lowest BCUT2D eigenvalue weighted by molar-refractivity contribution is -0.124. The maximum atomic E-state index is 13.7. The normalized spacial score (nSPS) is 19.8. The van der Waals surface area contributed by atoms with Crippen LogP contribution >= 0.6 is 0 Å². The molecule has 1 aromatic rings. The van der Waals surface area contributed by atoms with Gasteiger partial charge in [-0.1, -0.05) is 0 Å². The van der Waals surface area contributed by atoms with Crippen LogP contribution in [0, 0.1) is 11.6 Å². The van der Waals surface area contributed by atoms with Crippen LogP contribution in [0.3, 0.4) is 0 Å². The Bertz CT molecular complexity index is 673. The summed E-state index contributed by atoms with van der Waals surface area (Å²) in [6.07, 6.45) is 2.14. The first-order valence-electron chi connectivity index (χ1n) is 8.94. The Hall–Kier alpha value is -2.06. The van der Waals surface area contributed by atoms with E-state index in [1.807, 2.05) is 4.90 Å². The van der Waals surface area contributed by atoms with E-state index < -0.39 is 17.7 Å². The van der Waals surface area contributed by atoms with Gasteiger partial charge < -0.3 is 10.6 Å². The summed E-state index contributed by atoms with van der Waals surface area (Å²) in [5.74, 6) is -1.60. The number of piperazine rings is 1. The number of nitrogens with zero attached hydrogens (tertiary/aromatic N) is 2. The molecule has 1 saturated carbocycles. The average molecular weight is 366 g/mol. The monoisotopic (exact) mass is 366 g/mol. The van der Waals surface area contributed by atoms with Gasteiger partial charge in [0.25, 0.3) is 0 Å². The second-order valence-electron chi connectivity index (χ2n) is 6.94. The van der Waals surface area contributed by atoms with Gasteiger partial charge in [-0.25, -0.2) is 8.78 Å². The molecule has 8 heteroatoms. The molecule has 1 saturated heterocycles. The van der Waals surface area contributed by atoms with Crippen LogP contribution in [0.2, 0.25) is 0 Å². The standard InChI is InChI=1S/C18H24F2N4O2/c1-12(18(26)22-16-10-13(19)2-5-15(16)20)24-8-6-23(7-9-24)11-17(25)21-14-3-4-14/h2,5,10,12,14H,3-4,6-9,11H2,1H3,(H,21,25)(H,22,26)/t12-/m1/s1. The molecule has 1 atom stereocenters. The fourth-order valence-electron chi connectivity index (χ4n) is 3.01. The Labute approximate surface area is 151 Å². The Kier molecular flexibility index (Phi) is 5.83. The van der Waals surface area contributed by atoms with Gasteiger partial charge >= 0.3 is 0 Å². The summed E-state index contributed by atoms with van der Waals surface area (Å²) >= 11 is 0. The maximum Gasteiger partial charge on any atom is 0.241 e. The predicted octanol–water partition coefficient (Wildman–Crippen LogP) is 1.19. The fraction of sp³-hybridized carbons (Fsp3) is 0.556. The fourth-order valence-corrected chi connectivity index (χ4v) is 3.01. The van der Waals surface area contributed by atoms with Crippen molar-refractivity contribution in [2.75, 3.05) is 38.0 Å². The summed E-state index contributed by atoms with van der Waals surface area (Å²) in [5, 5.41) is 5.41. The van der Waals surface area contributed by atoms with E-state index in [-0.39, 0.29) is 17.5 Å². The largest absolute Gasteiger partial charge is 0.352 e. The lowest BCUT2D eigenvalue weighted by Crippen LogP contribution is -2.54. The molecule has 26 heavy (non-hydrogen) atoms. The van der Waals surface area contributed by atoms with Gasteiger partial charge in [0.1, 0.15) is 11.6 Å². The highest BCUT2D eigenvalue weighted by Gasteiger charge is 2.28. The molecule has 1 aliphatic carbocycles. The minimum absolute atomic E-state index is 0.0494. The molecule has 1 aromatic carbocycles.